The van der Waals surface area contributed by atoms with Gasteiger partial charge in [-0.25, -0.2) is 0 Å². The van der Waals surface area contributed by atoms with Gasteiger partial charge in [-0.15, -0.1) is 10.2 Å². The number of pyridine rings is 1. The standard InChI is InChI=1S/C13H11N5OS/c1-7-6-9(8-4-2-3-5-10(8)15-7)11(19)16-13-18-17-12(14)20-13/h2-6H,1H3,(H2,14,17)(H,16,18,19). The Hall–Kier alpha value is -2.54. The van der Waals surface area contributed by atoms with Gasteiger partial charge in [0.05, 0.1) is 11.1 Å². The number of nitrogens with zero attached hydrogens (tertiary/aromatic N) is 3. The van der Waals surface area contributed by atoms with Crippen molar-refractivity contribution < 1.29 is 4.79 Å². The van der Waals surface area contributed by atoms with Crippen LogP contribution < -0.4 is 11.1 Å². The van der Waals surface area contributed by atoms with Crippen molar-refractivity contribution in [2.24, 2.45) is 0 Å². The SMILES string of the molecule is Cc1cc(C(=O)Nc2nnc(N)s2)c2ccccc2n1. The molecule has 100 valence electrons. The predicted octanol–water partition coefficient (Wildman–Crippen LogP) is 2.23. The highest BCUT2D eigenvalue weighted by molar-refractivity contribution is 7.19. The number of hydrogen-bond donors (Lipinski definition) is 2. The summed E-state index contributed by atoms with van der Waals surface area (Å²) in [5, 5.41) is 11.6. The van der Waals surface area contributed by atoms with E-state index >= 15 is 0 Å². The zero-order valence-corrected chi connectivity index (χ0v) is 11.4. The fraction of sp³-hybridized carbons (Fsp3) is 0.0769. The zero-order chi connectivity index (χ0) is 14.1. The number of anilines is 2. The lowest BCUT2D eigenvalue weighted by Gasteiger charge is -2.06. The molecule has 6 nitrogen and oxygen atoms in total. The number of carbonyl (C=O) groups is 1. The van der Waals surface area contributed by atoms with Crippen molar-refractivity contribution >= 4 is 38.4 Å². The van der Waals surface area contributed by atoms with Gasteiger partial charge in [0.25, 0.3) is 5.91 Å². The van der Waals surface area contributed by atoms with Gasteiger partial charge in [-0.3, -0.25) is 15.1 Å². The summed E-state index contributed by atoms with van der Waals surface area (Å²) in [5.41, 5.74) is 7.62. The molecule has 0 spiro atoms. The number of para-hydroxylation sites is 1. The van der Waals surface area contributed by atoms with E-state index in [1.54, 1.807) is 6.07 Å². The number of fused-ring (bicyclic) bond motifs is 1. The Morgan fingerprint density at radius 3 is 2.85 bits per heavy atom. The Balaban J connectivity index is 2.02. The molecule has 2 aromatic heterocycles. The molecule has 0 aliphatic heterocycles. The van der Waals surface area contributed by atoms with Gasteiger partial charge in [-0.1, -0.05) is 29.5 Å². The van der Waals surface area contributed by atoms with E-state index in [2.05, 4.69) is 20.5 Å². The molecular formula is C13H11N5OS. The van der Waals surface area contributed by atoms with Crippen LogP contribution in [0, 0.1) is 6.92 Å². The van der Waals surface area contributed by atoms with Crippen LogP contribution in [-0.4, -0.2) is 21.1 Å². The predicted molar refractivity (Wildman–Crippen MR) is 78.8 cm³/mol. The molecule has 7 heteroatoms. The minimum absolute atomic E-state index is 0.247. The van der Waals surface area contributed by atoms with Crippen LogP contribution in [0.1, 0.15) is 16.1 Å². The van der Waals surface area contributed by atoms with Gasteiger partial charge >= 0.3 is 0 Å². The zero-order valence-electron chi connectivity index (χ0n) is 10.6. The number of nitrogen functional groups attached to an aromatic ring is 1. The Bertz CT molecular complexity index is 798. The molecule has 3 aromatic rings. The quantitative estimate of drug-likeness (QED) is 0.753. The highest BCUT2D eigenvalue weighted by atomic mass is 32.1. The van der Waals surface area contributed by atoms with E-state index in [4.69, 9.17) is 5.73 Å². The van der Waals surface area contributed by atoms with Crippen LogP contribution in [0.4, 0.5) is 10.3 Å². The molecule has 0 fully saturated rings. The van der Waals surface area contributed by atoms with E-state index in [0.29, 0.717) is 15.8 Å². The van der Waals surface area contributed by atoms with E-state index in [1.165, 1.54) is 0 Å². The molecular weight excluding hydrogens is 274 g/mol. The molecule has 0 radical (unpaired) electrons. The van der Waals surface area contributed by atoms with Crippen molar-refractivity contribution in [3.05, 3.63) is 41.6 Å². The summed E-state index contributed by atoms with van der Waals surface area (Å²) < 4.78 is 0. The molecule has 0 aliphatic rings. The lowest BCUT2D eigenvalue weighted by Crippen LogP contribution is -2.13. The number of nitrogens with one attached hydrogen (secondary N) is 1. The average Bonchev–Trinajstić information content (AvgIpc) is 2.83. The van der Waals surface area contributed by atoms with Crippen LogP contribution in [0.25, 0.3) is 10.9 Å². The maximum atomic E-state index is 12.3. The van der Waals surface area contributed by atoms with Gasteiger partial charge in [0.1, 0.15) is 0 Å². The Labute approximate surface area is 118 Å². The van der Waals surface area contributed by atoms with Gasteiger partial charge in [0.15, 0.2) is 0 Å². The molecule has 0 saturated heterocycles. The van der Waals surface area contributed by atoms with Gasteiger partial charge in [0, 0.05) is 11.1 Å². The third-order valence-corrected chi connectivity index (χ3v) is 3.42. The molecule has 0 unspecified atom stereocenters. The normalized spacial score (nSPS) is 10.7. The smallest absolute Gasteiger partial charge is 0.258 e. The Morgan fingerprint density at radius 2 is 2.10 bits per heavy atom. The number of carbonyl (C=O) groups excluding carboxylic acids is 1. The summed E-state index contributed by atoms with van der Waals surface area (Å²) in [6.07, 6.45) is 0. The number of aromatic nitrogens is 3. The fourth-order valence-corrected chi connectivity index (χ4v) is 2.45. The first-order valence-electron chi connectivity index (χ1n) is 5.90. The fourth-order valence-electron chi connectivity index (χ4n) is 1.95. The molecule has 3 N–H and O–H groups in total. The van der Waals surface area contributed by atoms with E-state index in [0.717, 1.165) is 27.9 Å². The first-order chi connectivity index (χ1) is 9.63. The number of hydrogen-bond acceptors (Lipinski definition) is 6. The average molecular weight is 285 g/mol. The van der Waals surface area contributed by atoms with Gasteiger partial charge in [0.2, 0.25) is 10.3 Å². The van der Waals surface area contributed by atoms with Crippen LogP contribution in [0.3, 0.4) is 0 Å². The van der Waals surface area contributed by atoms with Crippen LogP contribution in [0.5, 0.6) is 0 Å². The largest absolute Gasteiger partial charge is 0.374 e. The molecule has 0 aliphatic carbocycles. The molecule has 1 aromatic carbocycles. The topological polar surface area (TPSA) is 93.8 Å². The van der Waals surface area contributed by atoms with Crippen molar-refractivity contribution in [3.8, 4) is 0 Å². The molecule has 0 bridgehead atoms. The maximum absolute atomic E-state index is 12.3. The third kappa shape index (κ3) is 2.30. The summed E-state index contributed by atoms with van der Waals surface area (Å²) >= 11 is 1.13. The lowest BCUT2D eigenvalue weighted by molar-refractivity contribution is 0.102. The van der Waals surface area contributed by atoms with Gasteiger partial charge < -0.3 is 5.73 Å². The van der Waals surface area contributed by atoms with Crippen molar-refractivity contribution in [3.63, 3.8) is 0 Å². The maximum Gasteiger partial charge on any atom is 0.258 e. The third-order valence-electron chi connectivity index (χ3n) is 2.75. The summed E-state index contributed by atoms with van der Waals surface area (Å²) in [7, 11) is 0. The van der Waals surface area contributed by atoms with Crippen LogP contribution in [0.15, 0.2) is 30.3 Å². The highest BCUT2D eigenvalue weighted by Gasteiger charge is 2.13. The summed E-state index contributed by atoms with van der Waals surface area (Å²) in [4.78, 5) is 16.8. The summed E-state index contributed by atoms with van der Waals surface area (Å²) in [6.45, 7) is 1.85. The van der Waals surface area contributed by atoms with E-state index in [1.807, 2.05) is 31.2 Å². The first-order valence-corrected chi connectivity index (χ1v) is 6.72. The lowest BCUT2D eigenvalue weighted by atomic mass is 10.1. The molecule has 20 heavy (non-hydrogen) atoms. The minimum atomic E-state index is -0.247. The van der Waals surface area contributed by atoms with Crippen molar-refractivity contribution in [1.29, 1.82) is 0 Å². The van der Waals surface area contributed by atoms with E-state index in [9.17, 15) is 4.79 Å². The number of benzene rings is 1. The molecule has 0 saturated carbocycles. The molecule has 0 atom stereocenters. The van der Waals surface area contributed by atoms with E-state index < -0.39 is 0 Å². The van der Waals surface area contributed by atoms with Crippen molar-refractivity contribution in [2.75, 3.05) is 11.1 Å². The first kappa shape index (κ1) is 12.5. The van der Waals surface area contributed by atoms with Crippen molar-refractivity contribution in [2.45, 2.75) is 6.92 Å². The minimum Gasteiger partial charge on any atom is -0.374 e. The number of aryl methyl sites for hydroxylation is 1. The number of nitrogens with two attached hydrogens (primary N) is 1. The van der Waals surface area contributed by atoms with Crippen LogP contribution >= 0.6 is 11.3 Å². The number of amides is 1. The van der Waals surface area contributed by atoms with Crippen LogP contribution in [-0.2, 0) is 0 Å². The Morgan fingerprint density at radius 1 is 1.30 bits per heavy atom. The second kappa shape index (κ2) is 4.86. The van der Waals surface area contributed by atoms with Gasteiger partial charge in [-0.2, -0.15) is 0 Å². The van der Waals surface area contributed by atoms with Gasteiger partial charge in [-0.05, 0) is 19.1 Å². The molecule has 2 heterocycles. The molecule has 1 amide bonds. The second-order valence-electron chi connectivity index (χ2n) is 4.23. The van der Waals surface area contributed by atoms with E-state index in [-0.39, 0.29) is 5.91 Å². The van der Waals surface area contributed by atoms with Crippen LogP contribution in [0.2, 0.25) is 0 Å². The summed E-state index contributed by atoms with van der Waals surface area (Å²) in [6, 6.07) is 9.26. The Kier molecular flexibility index (Phi) is 3.03. The highest BCUT2D eigenvalue weighted by Crippen LogP contribution is 2.21. The second-order valence-corrected chi connectivity index (χ2v) is 5.24. The van der Waals surface area contributed by atoms with Crippen molar-refractivity contribution in [1.82, 2.24) is 15.2 Å². The monoisotopic (exact) mass is 285 g/mol. The summed E-state index contributed by atoms with van der Waals surface area (Å²) in [5.74, 6) is -0.247. The number of rotatable bonds is 2. The molecule has 3 rings (SSSR count).